The maximum Gasteiger partial charge on any atom is 0.303 e. The van der Waals surface area contributed by atoms with E-state index in [4.69, 9.17) is 9.84 Å². The van der Waals surface area contributed by atoms with Crippen LogP contribution in [0.2, 0.25) is 0 Å². The summed E-state index contributed by atoms with van der Waals surface area (Å²) < 4.78 is 5.48. The molecule has 146 valence electrons. The molecule has 1 saturated heterocycles. The Balaban J connectivity index is 1.45. The fraction of sp³-hybridized carbons (Fsp3) is 0.550. The number of carbonyl (C=O) groups excluding carboxylic acids is 2. The van der Waals surface area contributed by atoms with Gasteiger partial charge in [0.15, 0.2) is 0 Å². The molecule has 0 aromatic heterocycles. The van der Waals surface area contributed by atoms with Gasteiger partial charge in [-0.3, -0.25) is 14.4 Å². The van der Waals surface area contributed by atoms with Crippen LogP contribution in [0.1, 0.15) is 38.5 Å². The van der Waals surface area contributed by atoms with Gasteiger partial charge in [0.1, 0.15) is 5.75 Å². The number of ether oxygens (including phenoxy) is 1. The molecule has 1 aromatic rings. The molecule has 27 heavy (non-hydrogen) atoms. The van der Waals surface area contributed by atoms with E-state index in [9.17, 15) is 14.4 Å². The Morgan fingerprint density at radius 1 is 1.11 bits per heavy atom. The maximum absolute atomic E-state index is 12.5. The van der Waals surface area contributed by atoms with Crippen molar-refractivity contribution in [2.45, 2.75) is 38.5 Å². The molecule has 1 aromatic carbocycles. The van der Waals surface area contributed by atoms with Gasteiger partial charge in [0.2, 0.25) is 11.8 Å². The van der Waals surface area contributed by atoms with Crippen molar-refractivity contribution < 1.29 is 24.2 Å². The first-order valence-electron chi connectivity index (χ1n) is 9.57. The third-order valence-corrected chi connectivity index (χ3v) is 4.96. The molecule has 2 aliphatic rings. The van der Waals surface area contributed by atoms with Crippen LogP contribution in [0.25, 0.3) is 0 Å². The second-order valence-corrected chi connectivity index (χ2v) is 7.26. The van der Waals surface area contributed by atoms with Crippen LogP contribution >= 0.6 is 0 Å². The lowest BCUT2D eigenvalue weighted by atomic mass is 9.96. The van der Waals surface area contributed by atoms with Crippen molar-refractivity contribution in [3.63, 3.8) is 0 Å². The summed E-state index contributed by atoms with van der Waals surface area (Å²) in [6, 6.07) is 7.03. The molecule has 1 saturated carbocycles. The minimum absolute atomic E-state index is 0.0570. The number of piperidine rings is 1. The van der Waals surface area contributed by atoms with E-state index >= 15 is 0 Å². The second kappa shape index (κ2) is 8.88. The molecule has 7 heteroatoms. The van der Waals surface area contributed by atoms with E-state index in [1.54, 1.807) is 24.3 Å². The number of carbonyl (C=O) groups is 3. The summed E-state index contributed by atoms with van der Waals surface area (Å²) in [4.78, 5) is 37.1. The zero-order chi connectivity index (χ0) is 19.2. The standard InChI is InChI=1S/C20H26N2O5/c23-18(24)4-2-12-27-17-9-7-16(8-10-17)21-19(25)15-3-1-11-22(13-15)20(26)14-5-6-14/h7-10,14-15H,1-6,11-13H2,(H,21,25)(H,23,24). The van der Waals surface area contributed by atoms with Crippen molar-refractivity contribution in [1.82, 2.24) is 4.90 Å². The summed E-state index contributed by atoms with van der Waals surface area (Å²) in [6.45, 7) is 1.60. The zero-order valence-corrected chi connectivity index (χ0v) is 15.4. The number of carboxylic acid groups (broad SMARTS) is 1. The molecule has 1 unspecified atom stereocenters. The highest BCUT2D eigenvalue weighted by molar-refractivity contribution is 5.93. The van der Waals surface area contributed by atoms with E-state index in [-0.39, 0.29) is 30.1 Å². The van der Waals surface area contributed by atoms with Gasteiger partial charge in [-0.15, -0.1) is 0 Å². The Morgan fingerprint density at radius 2 is 1.85 bits per heavy atom. The highest BCUT2D eigenvalue weighted by Gasteiger charge is 2.36. The fourth-order valence-corrected chi connectivity index (χ4v) is 3.27. The molecule has 3 rings (SSSR count). The average Bonchev–Trinajstić information content (AvgIpc) is 3.51. The molecule has 1 atom stereocenters. The second-order valence-electron chi connectivity index (χ2n) is 7.26. The zero-order valence-electron chi connectivity index (χ0n) is 15.4. The van der Waals surface area contributed by atoms with E-state index in [0.29, 0.717) is 31.0 Å². The van der Waals surface area contributed by atoms with Gasteiger partial charge in [-0.25, -0.2) is 0 Å². The third kappa shape index (κ3) is 5.70. The smallest absolute Gasteiger partial charge is 0.303 e. The van der Waals surface area contributed by atoms with Crippen molar-refractivity contribution in [3.05, 3.63) is 24.3 Å². The van der Waals surface area contributed by atoms with Crippen molar-refractivity contribution in [2.75, 3.05) is 25.0 Å². The van der Waals surface area contributed by atoms with Gasteiger partial charge in [0.05, 0.1) is 12.5 Å². The van der Waals surface area contributed by atoms with Crippen LogP contribution in [0.4, 0.5) is 5.69 Å². The predicted octanol–water partition coefficient (Wildman–Crippen LogP) is 2.52. The number of nitrogens with one attached hydrogen (secondary N) is 1. The number of benzene rings is 1. The summed E-state index contributed by atoms with van der Waals surface area (Å²) in [5.74, 6) is -0.0346. The highest BCUT2D eigenvalue weighted by Crippen LogP contribution is 2.32. The van der Waals surface area contributed by atoms with E-state index in [2.05, 4.69) is 5.32 Å². The van der Waals surface area contributed by atoms with Crippen molar-refractivity contribution in [1.29, 1.82) is 0 Å². The first-order valence-corrected chi connectivity index (χ1v) is 9.57. The Kier molecular flexibility index (Phi) is 6.32. The summed E-state index contributed by atoms with van der Waals surface area (Å²) in [5.41, 5.74) is 0.684. The van der Waals surface area contributed by atoms with Crippen molar-refractivity contribution in [2.24, 2.45) is 11.8 Å². The summed E-state index contributed by atoms with van der Waals surface area (Å²) in [5, 5.41) is 11.5. The van der Waals surface area contributed by atoms with Crippen LogP contribution in [0, 0.1) is 11.8 Å². The van der Waals surface area contributed by atoms with Crippen molar-refractivity contribution >= 4 is 23.5 Å². The van der Waals surface area contributed by atoms with Crippen LogP contribution < -0.4 is 10.1 Å². The summed E-state index contributed by atoms with van der Waals surface area (Å²) in [6.07, 6.45) is 4.15. The number of hydrogen-bond donors (Lipinski definition) is 2. The third-order valence-electron chi connectivity index (χ3n) is 4.96. The van der Waals surface area contributed by atoms with Gasteiger partial charge < -0.3 is 20.1 Å². The molecule has 2 N–H and O–H groups in total. The number of nitrogens with zero attached hydrogens (tertiary/aromatic N) is 1. The lowest BCUT2D eigenvalue weighted by molar-refractivity contribution is -0.137. The van der Waals surface area contributed by atoms with E-state index < -0.39 is 5.97 Å². The van der Waals surface area contributed by atoms with E-state index in [1.165, 1.54) is 0 Å². The van der Waals surface area contributed by atoms with Crippen LogP contribution in [0.5, 0.6) is 5.75 Å². The number of rotatable bonds is 8. The molecule has 0 spiro atoms. The Hall–Kier alpha value is -2.57. The van der Waals surface area contributed by atoms with Gasteiger partial charge in [-0.05, 0) is 56.4 Å². The quantitative estimate of drug-likeness (QED) is 0.682. The molecular weight excluding hydrogens is 348 g/mol. The van der Waals surface area contributed by atoms with Gasteiger partial charge in [-0.1, -0.05) is 0 Å². The van der Waals surface area contributed by atoms with Crippen molar-refractivity contribution in [3.8, 4) is 5.75 Å². The number of likely N-dealkylation sites (tertiary alicyclic amines) is 1. The lowest BCUT2D eigenvalue weighted by Gasteiger charge is -2.32. The number of aliphatic carboxylic acids is 1. The molecule has 0 bridgehead atoms. The van der Waals surface area contributed by atoms with Gasteiger partial charge in [-0.2, -0.15) is 0 Å². The van der Waals surface area contributed by atoms with Gasteiger partial charge >= 0.3 is 5.97 Å². The molecule has 1 aliphatic carbocycles. The first-order chi connectivity index (χ1) is 13.0. The normalized spacial score (nSPS) is 19.4. The number of hydrogen-bond acceptors (Lipinski definition) is 4. The Bertz CT molecular complexity index is 684. The first kappa shape index (κ1) is 19.2. The van der Waals surface area contributed by atoms with Crippen LogP contribution in [0.15, 0.2) is 24.3 Å². The average molecular weight is 374 g/mol. The Morgan fingerprint density at radius 3 is 2.52 bits per heavy atom. The molecular formula is C20H26N2O5. The topological polar surface area (TPSA) is 95.9 Å². The van der Waals surface area contributed by atoms with Crippen LogP contribution in [0.3, 0.4) is 0 Å². The molecule has 1 aliphatic heterocycles. The molecule has 2 amide bonds. The molecule has 0 radical (unpaired) electrons. The summed E-state index contributed by atoms with van der Waals surface area (Å²) in [7, 11) is 0. The molecule has 7 nitrogen and oxygen atoms in total. The molecule has 1 heterocycles. The van der Waals surface area contributed by atoms with E-state index in [1.807, 2.05) is 4.90 Å². The monoisotopic (exact) mass is 374 g/mol. The lowest BCUT2D eigenvalue weighted by Crippen LogP contribution is -2.44. The van der Waals surface area contributed by atoms with Gasteiger partial charge in [0.25, 0.3) is 0 Å². The van der Waals surface area contributed by atoms with Crippen LogP contribution in [-0.4, -0.2) is 47.5 Å². The number of carboxylic acids is 1. The van der Waals surface area contributed by atoms with Gasteiger partial charge in [0, 0.05) is 31.1 Å². The predicted molar refractivity (Wildman–Crippen MR) is 99.5 cm³/mol. The highest BCUT2D eigenvalue weighted by atomic mass is 16.5. The number of anilines is 1. The minimum atomic E-state index is -0.836. The Labute approximate surface area is 158 Å². The fourth-order valence-electron chi connectivity index (χ4n) is 3.27. The number of amides is 2. The minimum Gasteiger partial charge on any atom is -0.494 e. The SMILES string of the molecule is O=C(O)CCCOc1ccc(NC(=O)C2CCCN(C(=O)C3CC3)C2)cc1. The molecule has 2 fully saturated rings. The largest absolute Gasteiger partial charge is 0.494 e. The van der Waals surface area contributed by atoms with E-state index in [0.717, 1.165) is 32.2 Å². The summed E-state index contributed by atoms with van der Waals surface area (Å²) >= 11 is 0. The van der Waals surface area contributed by atoms with Crippen LogP contribution in [-0.2, 0) is 14.4 Å². The maximum atomic E-state index is 12.5.